The summed E-state index contributed by atoms with van der Waals surface area (Å²) < 4.78 is 39.6. The number of alkyl halides is 3. The molecule has 0 spiro atoms. The molecule has 0 aliphatic heterocycles. The van der Waals surface area contributed by atoms with Crippen LogP contribution in [-0.2, 0) is 9.53 Å². The van der Waals surface area contributed by atoms with Gasteiger partial charge >= 0.3 is 12.1 Å². The zero-order valence-electron chi connectivity index (χ0n) is 9.61. The van der Waals surface area contributed by atoms with E-state index in [4.69, 9.17) is 0 Å². The van der Waals surface area contributed by atoms with Crippen molar-refractivity contribution in [1.82, 2.24) is 0 Å². The van der Waals surface area contributed by atoms with Crippen LogP contribution in [0.25, 0.3) is 0 Å². The average Bonchev–Trinajstić information content (AvgIpc) is 2.13. The van der Waals surface area contributed by atoms with Gasteiger partial charge in [0.2, 0.25) is 0 Å². The maximum absolute atomic E-state index is 11.7. The van der Waals surface area contributed by atoms with E-state index in [0.717, 1.165) is 25.7 Å². The van der Waals surface area contributed by atoms with Crippen LogP contribution in [0.3, 0.4) is 0 Å². The van der Waals surface area contributed by atoms with Crippen LogP contribution in [0.2, 0.25) is 0 Å². The van der Waals surface area contributed by atoms with Gasteiger partial charge in [0.05, 0.1) is 6.61 Å². The van der Waals surface area contributed by atoms with E-state index in [-0.39, 0.29) is 6.61 Å². The molecule has 16 heavy (non-hydrogen) atoms. The quantitative estimate of drug-likeness (QED) is 0.476. The number of carbonyl (C=O) groups excluding carboxylic acids is 1. The number of hydrogen-bond acceptors (Lipinski definition) is 2. The van der Waals surface area contributed by atoms with Crippen LogP contribution in [-0.4, -0.2) is 18.8 Å². The van der Waals surface area contributed by atoms with Gasteiger partial charge < -0.3 is 4.74 Å². The van der Waals surface area contributed by atoms with Gasteiger partial charge in [-0.25, -0.2) is 0 Å². The summed E-state index contributed by atoms with van der Waals surface area (Å²) in [6.07, 6.45) is 0.111. The molecule has 0 rings (SSSR count). The lowest BCUT2D eigenvalue weighted by molar-refractivity contribution is -0.171. The predicted octanol–water partition coefficient (Wildman–Crippen LogP) is 3.84. The van der Waals surface area contributed by atoms with Crippen LogP contribution >= 0.6 is 0 Å². The fourth-order valence-electron chi connectivity index (χ4n) is 1.28. The molecule has 0 atom stereocenters. The third kappa shape index (κ3) is 11.3. The van der Waals surface area contributed by atoms with Crippen molar-refractivity contribution < 1.29 is 22.7 Å². The summed E-state index contributed by atoms with van der Waals surface area (Å²) in [4.78, 5) is 10.7. The Labute approximate surface area is 94.2 Å². The van der Waals surface area contributed by atoms with Crippen LogP contribution in [0.15, 0.2) is 0 Å². The van der Waals surface area contributed by atoms with Crippen molar-refractivity contribution in [2.75, 3.05) is 6.61 Å². The highest BCUT2D eigenvalue weighted by molar-refractivity contribution is 5.70. The molecular formula is C11H19F3O2. The van der Waals surface area contributed by atoms with Crippen molar-refractivity contribution in [3.05, 3.63) is 0 Å². The van der Waals surface area contributed by atoms with Crippen molar-refractivity contribution in [2.45, 2.75) is 58.0 Å². The molecule has 0 saturated carbocycles. The van der Waals surface area contributed by atoms with Gasteiger partial charge in [0.15, 0.2) is 0 Å². The Morgan fingerprint density at radius 2 is 1.62 bits per heavy atom. The highest BCUT2D eigenvalue weighted by Gasteiger charge is 2.31. The zero-order chi connectivity index (χ0) is 12.4. The molecule has 0 aliphatic carbocycles. The highest BCUT2D eigenvalue weighted by atomic mass is 19.4. The van der Waals surface area contributed by atoms with Crippen molar-refractivity contribution in [2.24, 2.45) is 0 Å². The molecule has 0 saturated heterocycles. The van der Waals surface area contributed by atoms with E-state index in [1.165, 1.54) is 6.42 Å². The van der Waals surface area contributed by atoms with Gasteiger partial charge in [-0.05, 0) is 6.42 Å². The average molecular weight is 240 g/mol. The molecule has 0 unspecified atom stereocenters. The van der Waals surface area contributed by atoms with Crippen LogP contribution in [0.1, 0.15) is 51.9 Å². The Morgan fingerprint density at radius 1 is 1.06 bits per heavy atom. The SMILES string of the molecule is CCCCCCCCOC(=O)CC(F)(F)F. The fraction of sp³-hybridized carbons (Fsp3) is 0.909. The van der Waals surface area contributed by atoms with Gasteiger partial charge in [0, 0.05) is 0 Å². The van der Waals surface area contributed by atoms with Gasteiger partial charge in [0.1, 0.15) is 6.42 Å². The lowest BCUT2D eigenvalue weighted by atomic mass is 10.1. The molecule has 0 aromatic heterocycles. The Hall–Kier alpha value is -0.740. The molecule has 0 radical (unpaired) electrons. The first-order chi connectivity index (χ1) is 7.45. The second-order valence-corrected chi connectivity index (χ2v) is 3.78. The first-order valence-electron chi connectivity index (χ1n) is 5.68. The van der Waals surface area contributed by atoms with Gasteiger partial charge in [-0.1, -0.05) is 39.0 Å². The maximum Gasteiger partial charge on any atom is 0.399 e. The number of unbranched alkanes of at least 4 members (excludes halogenated alkanes) is 5. The maximum atomic E-state index is 11.7. The standard InChI is InChI=1S/C11H19F3O2/c1-2-3-4-5-6-7-8-16-10(15)9-11(12,13)14/h2-9H2,1H3. The van der Waals surface area contributed by atoms with E-state index in [0.29, 0.717) is 6.42 Å². The molecule has 0 aromatic carbocycles. The summed E-state index contributed by atoms with van der Waals surface area (Å²) in [6, 6.07) is 0. The monoisotopic (exact) mass is 240 g/mol. The molecule has 0 aromatic rings. The molecule has 2 nitrogen and oxygen atoms in total. The molecule has 0 heterocycles. The van der Waals surface area contributed by atoms with E-state index in [9.17, 15) is 18.0 Å². The summed E-state index contributed by atoms with van der Waals surface area (Å²) in [5.74, 6) is -1.18. The zero-order valence-corrected chi connectivity index (χ0v) is 9.61. The van der Waals surface area contributed by atoms with Crippen LogP contribution in [0, 0.1) is 0 Å². The number of carbonyl (C=O) groups is 1. The van der Waals surface area contributed by atoms with Gasteiger partial charge in [0.25, 0.3) is 0 Å². The third-order valence-electron chi connectivity index (χ3n) is 2.11. The summed E-state index contributed by atoms with van der Waals surface area (Å²) in [5.41, 5.74) is 0. The first kappa shape index (κ1) is 15.3. The van der Waals surface area contributed by atoms with Crippen LogP contribution in [0.4, 0.5) is 13.2 Å². The lowest BCUT2D eigenvalue weighted by Gasteiger charge is -2.06. The highest BCUT2D eigenvalue weighted by Crippen LogP contribution is 2.19. The minimum absolute atomic E-state index is 0.0983. The van der Waals surface area contributed by atoms with E-state index in [1.807, 2.05) is 0 Å². The topological polar surface area (TPSA) is 26.3 Å². The second-order valence-electron chi connectivity index (χ2n) is 3.78. The van der Waals surface area contributed by atoms with Gasteiger partial charge in [-0.15, -0.1) is 0 Å². The number of halogens is 3. The van der Waals surface area contributed by atoms with Crippen molar-refractivity contribution in [3.8, 4) is 0 Å². The van der Waals surface area contributed by atoms with Crippen LogP contribution < -0.4 is 0 Å². The molecular weight excluding hydrogens is 221 g/mol. The van der Waals surface area contributed by atoms with Crippen molar-refractivity contribution in [1.29, 1.82) is 0 Å². The Morgan fingerprint density at radius 3 is 2.19 bits per heavy atom. The summed E-state index contributed by atoms with van der Waals surface area (Å²) in [5, 5.41) is 0. The number of esters is 1. The largest absolute Gasteiger partial charge is 0.465 e. The molecule has 0 aliphatic rings. The van der Waals surface area contributed by atoms with Crippen molar-refractivity contribution >= 4 is 5.97 Å². The van der Waals surface area contributed by atoms with E-state index < -0.39 is 18.6 Å². The van der Waals surface area contributed by atoms with Crippen LogP contribution in [0.5, 0.6) is 0 Å². The number of ether oxygens (including phenoxy) is 1. The van der Waals surface area contributed by atoms with Crippen molar-refractivity contribution in [3.63, 3.8) is 0 Å². The minimum atomic E-state index is -4.46. The number of rotatable bonds is 8. The number of hydrogen-bond donors (Lipinski definition) is 0. The smallest absolute Gasteiger partial charge is 0.399 e. The van der Waals surface area contributed by atoms with E-state index >= 15 is 0 Å². The molecule has 5 heteroatoms. The van der Waals surface area contributed by atoms with E-state index in [2.05, 4.69) is 11.7 Å². The third-order valence-corrected chi connectivity index (χ3v) is 2.11. The fourth-order valence-corrected chi connectivity index (χ4v) is 1.28. The molecule has 0 bridgehead atoms. The summed E-state index contributed by atoms with van der Waals surface area (Å²) in [6.45, 7) is 2.21. The molecule has 0 fully saturated rings. The minimum Gasteiger partial charge on any atom is -0.465 e. The Balaban J connectivity index is 3.28. The normalized spacial score (nSPS) is 11.5. The second kappa shape index (κ2) is 8.42. The summed E-state index contributed by atoms with van der Waals surface area (Å²) >= 11 is 0. The van der Waals surface area contributed by atoms with Gasteiger partial charge in [-0.3, -0.25) is 4.79 Å². The lowest BCUT2D eigenvalue weighted by Crippen LogP contribution is -2.17. The Kier molecular flexibility index (Phi) is 8.03. The predicted molar refractivity (Wildman–Crippen MR) is 55.0 cm³/mol. The summed E-state index contributed by atoms with van der Waals surface area (Å²) in [7, 11) is 0. The Bertz CT molecular complexity index is 190. The first-order valence-corrected chi connectivity index (χ1v) is 5.68. The molecule has 0 N–H and O–H groups in total. The molecule has 0 amide bonds. The van der Waals surface area contributed by atoms with E-state index in [1.54, 1.807) is 0 Å². The van der Waals surface area contributed by atoms with Gasteiger partial charge in [-0.2, -0.15) is 13.2 Å². The molecule has 96 valence electrons.